The molecule has 0 amide bonds. The molecule has 1 N–H and O–H groups in total. The van der Waals surface area contributed by atoms with Gasteiger partial charge in [0, 0.05) is 28.9 Å². The van der Waals surface area contributed by atoms with Crippen molar-refractivity contribution in [2.75, 3.05) is 0 Å². The van der Waals surface area contributed by atoms with Gasteiger partial charge in [-0.25, -0.2) is 9.50 Å². The van der Waals surface area contributed by atoms with Crippen molar-refractivity contribution in [1.82, 2.24) is 14.6 Å². The number of hydrogen-bond acceptors (Lipinski definition) is 2. The lowest BCUT2D eigenvalue weighted by Crippen LogP contribution is -1.99. The molecule has 0 radical (unpaired) electrons. The van der Waals surface area contributed by atoms with Gasteiger partial charge in [0.2, 0.25) is 0 Å². The molecule has 16 heavy (non-hydrogen) atoms. The Hall–Kier alpha value is -1.16. The number of aryl methyl sites for hydroxylation is 1. The quantitative estimate of drug-likeness (QED) is 0.765. The van der Waals surface area contributed by atoms with Crippen LogP contribution in [0.2, 0.25) is 0 Å². The Morgan fingerprint density at radius 3 is 3.06 bits per heavy atom. The Balaban J connectivity index is 2.04. The first kappa shape index (κ1) is 8.93. The average Bonchev–Trinajstić information content (AvgIpc) is 2.87. The number of fused-ring (bicyclic) bond motifs is 2. The maximum Gasteiger partial charge on any atom is 0.154 e. The van der Waals surface area contributed by atoms with Gasteiger partial charge in [-0.05, 0) is 32.1 Å². The molecule has 0 atom stereocenters. The van der Waals surface area contributed by atoms with Gasteiger partial charge in [0.25, 0.3) is 0 Å². The second-order valence-corrected chi connectivity index (χ2v) is 5.26. The van der Waals surface area contributed by atoms with Crippen LogP contribution < -0.4 is 0 Å². The fraction of sp³-hybridized carbons (Fsp3) is 0.500. The average molecular weight is 231 g/mol. The zero-order valence-corrected chi connectivity index (χ0v) is 9.81. The molecule has 0 unspecified atom stereocenters. The highest BCUT2D eigenvalue weighted by molar-refractivity contribution is 7.71. The zero-order valence-electron chi connectivity index (χ0n) is 8.99. The maximum absolute atomic E-state index is 5.53. The van der Waals surface area contributed by atoms with E-state index in [1.165, 1.54) is 36.2 Å². The number of nitrogens with zero attached hydrogens (tertiary/aromatic N) is 2. The van der Waals surface area contributed by atoms with Crippen molar-refractivity contribution in [1.29, 1.82) is 0 Å². The van der Waals surface area contributed by atoms with Crippen molar-refractivity contribution in [3.63, 3.8) is 0 Å². The van der Waals surface area contributed by atoms with Crippen LogP contribution in [0.5, 0.6) is 0 Å². The molecule has 2 aromatic heterocycles. The van der Waals surface area contributed by atoms with Crippen LogP contribution in [0, 0.1) is 4.64 Å². The molecule has 2 aliphatic rings. The molecule has 3 nitrogen and oxygen atoms in total. The predicted molar refractivity (Wildman–Crippen MR) is 64.4 cm³/mol. The van der Waals surface area contributed by atoms with E-state index in [2.05, 4.69) is 11.2 Å². The van der Waals surface area contributed by atoms with Crippen molar-refractivity contribution in [3.8, 4) is 0 Å². The van der Waals surface area contributed by atoms with E-state index in [-0.39, 0.29) is 0 Å². The first-order valence-electron chi connectivity index (χ1n) is 5.96. The van der Waals surface area contributed by atoms with Crippen LogP contribution in [0.1, 0.15) is 42.1 Å². The monoisotopic (exact) mass is 231 g/mol. The number of H-pyrrole nitrogens is 1. The van der Waals surface area contributed by atoms with E-state index >= 15 is 0 Å². The largest absolute Gasteiger partial charge is 0.295 e. The second kappa shape index (κ2) is 2.94. The van der Waals surface area contributed by atoms with E-state index < -0.39 is 0 Å². The Labute approximate surface area is 98.5 Å². The molecule has 2 aliphatic carbocycles. The van der Waals surface area contributed by atoms with Crippen LogP contribution in [0.4, 0.5) is 0 Å². The van der Waals surface area contributed by atoms with Crippen molar-refractivity contribution in [2.24, 2.45) is 0 Å². The summed E-state index contributed by atoms with van der Waals surface area (Å²) in [6.07, 6.45) is 6.01. The molecule has 1 saturated carbocycles. The second-order valence-electron chi connectivity index (χ2n) is 4.88. The first-order chi connectivity index (χ1) is 7.83. The molecule has 82 valence electrons. The van der Waals surface area contributed by atoms with E-state index in [1.807, 2.05) is 4.52 Å². The summed E-state index contributed by atoms with van der Waals surface area (Å²) in [5.74, 6) is 0.728. The Kier molecular flexibility index (Phi) is 1.64. The lowest BCUT2D eigenvalue weighted by Gasteiger charge is -2.00. The van der Waals surface area contributed by atoms with Crippen LogP contribution >= 0.6 is 12.2 Å². The number of rotatable bonds is 1. The van der Waals surface area contributed by atoms with Gasteiger partial charge in [-0.15, -0.1) is 0 Å². The number of aromatic nitrogens is 3. The summed E-state index contributed by atoms with van der Waals surface area (Å²) >= 11 is 5.53. The van der Waals surface area contributed by atoms with Gasteiger partial charge in [0.1, 0.15) is 4.64 Å². The molecule has 0 aromatic carbocycles. The summed E-state index contributed by atoms with van der Waals surface area (Å²) in [6.45, 7) is 0. The van der Waals surface area contributed by atoms with E-state index in [1.54, 1.807) is 0 Å². The fourth-order valence-corrected chi connectivity index (χ4v) is 2.98. The van der Waals surface area contributed by atoms with Gasteiger partial charge in [-0.1, -0.05) is 12.2 Å². The minimum Gasteiger partial charge on any atom is -0.295 e. The first-order valence-corrected chi connectivity index (χ1v) is 6.37. The topological polar surface area (TPSA) is 33.1 Å². The van der Waals surface area contributed by atoms with Crippen LogP contribution in [0.3, 0.4) is 0 Å². The summed E-state index contributed by atoms with van der Waals surface area (Å²) < 4.78 is 2.94. The van der Waals surface area contributed by atoms with Crippen LogP contribution in [-0.2, 0) is 12.8 Å². The standard InChI is InChI=1S/C12H13N3S/c16-12-8-2-1-3-9(8)13-11-6-10(7-4-5-7)14-15(11)12/h6-7,14H,1-5H2. The van der Waals surface area contributed by atoms with Crippen molar-refractivity contribution in [3.05, 3.63) is 27.7 Å². The fourth-order valence-electron chi connectivity index (χ4n) is 2.62. The smallest absolute Gasteiger partial charge is 0.154 e. The number of nitrogens with one attached hydrogen (secondary N) is 1. The molecule has 2 aromatic rings. The highest BCUT2D eigenvalue weighted by Gasteiger charge is 2.26. The molecular weight excluding hydrogens is 218 g/mol. The third kappa shape index (κ3) is 1.13. The van der Waals surface area contributed by atoms with E-state index in [0.717, 1.165) is 29.0 Å². The van der Waals surface area contributed by atoms with Crippen molar-refractivity contribution in [2.45, 2.75) is 38.0 Å². The van der Waals surface area contributed by atoms with Crippen molar-refractivity contribution < 1.29 is 0 Å². The minimum atomic E-state index is 0.728. The van der Waals surface area contributed by atoms with Crippen LogP contribution in [-0.4, -0.2) is 14.6 Å². The molecule has 0 aliphatic heterocycles. The third-order valence-corrected chi connectivity index (χ3v) is 4.10. The third-order valence-electron chi connectivity index (χ3n) is 3.67. The highest BCUT2D eigenvalue weighted by atomic mass is 32.1. The van der Waals surface area contributed by atoms with Gasteiger partial charge >= 0.3 is 0 Å². The molecule has 4 rings (SSSR count). The Bertz CT molecular complexity index is 633. The van der Waals surface area contributed by atoms with Crippen LogP contribution in [0.25, 0.3) is 5.65 Å². The van der Waals surface area contributed by atoms with Gasteiger partial charge in [0.05, 0.1) is 0 Å². The summed E-state index contributed by atoms with van der Waals surface area (Å²) in [4.78, 5) is 4.71. The summed E-state index contributed by atoms with van der Waals surface area (Å²) in [5, 5.41) is 3.41. The highest BCUT2D eigenvalue weighted by Crippen LogP contribution is 2.39. The Morgan fingerprint density at radius 1 is 1.38 bits per heavy atom. The Morgan fingerprint density at radius 2 is 2.25 bits per heavy atom. The van der Waals surface area contributed by atoms with Gasteiger partial charge in [-0.3, -0.25) is 5.10 Å². The van der Waals surface area contributed by atoms with Gasteiger partial charge in [-0.2, -0.15) is 0 Å². The van der Waals surface area contributed by atoms with Gasteiger partial charge in [0.15, 0.2) is 5.65 Å². The molecule has 4 heteroatoms. The van der Waals surface area contributed by atoms with E-state index in [0.29, 0.717) is 0 Å². The summed E-state index contributed by atoms with van der Waals surface area (Å²) in [6, 6.07) is 2.17. The minimum absolute atomic E-state index is 0.728. The molecule has 0 saturated heterocycles. The molecular formula is C12H13N3S. The molecule has 0 bridgehead atoms. The zero-order chi connectivity index (χ0) is 10.7. The van der Waals surface area contributed by atoms with Crippen molar-refractivity contribution >= 4 is 17.9 Å². The number of aromatic amines is 1. The molecule has 2 heterocycles. The lowest BCUT2D eigenvalue weighted by molar-refractivity contribution is 0.856. The molecule has 1 fully saturated rings. The number of hydrogen-bond donors (Lipinski definition) is 1. The molecule has 0 spiro atoms. The lowest BCUT2D eigenvalue weighted by atomic mass is 10.3. The van der Waals surface area contributed by atoms with Gasteiger partial charge < -0.3 is 0 Å². The summed E-state index contributed by atoms with van der Waals surface area (Å²) in [5.41, 5.74) is 4.83. The van der Waals surface area contributed by atoms with Crippen LogP contribution in [0.15, 0.2) is 6.07 Å². The van der Waals surface area contributed by atoms with E-state index in [9.17, 15) is 0 Å². The van der Waals surface area contributed by atoms with E-state index in [4.69, 9.17) is 17.2 Å². The predicted octanol–water partition coefficient (Wildman–Crippen LogP) is 2.76. The SMILES string of the molecule is S=c1c2c(nc3cc(C4CC4)[nH]n13)CCC2. The summed E-state index contributed by atoms with van der Waals surface area (Å²) in [7, 11) is 0. The normalized spacial score (nSPS) is 19.2. The maximum atomic E-state index is 5.53.